The van der Waals surface area contributed by atoms with Crippen molar-refractivity contribution in [3.8, 4) is 0 Å². The summed E-state index contributed by atoms with van der Waals surface area (Å²) in [6, 6.07) is 8.72. The lowest BCUT2D eigenvalue weighted by atomic mass is 10.1. The molecule has 2 heterocycles. The van der Waals surface area contributed by atoms with Crippen LogP contribution in [0.25, 0.3) is 0 Å². The maximum atomic E-state index is 13.1. The zero-order chi connectivity index (χ0) is 16.0. The molecule has 1 aromatic rings. The van der Waals surface area contributed by atoms with Gasteiger partial charge in [-0.1, -0.05) is 31.0 Å². The van der Waals surface area contributed by atoms with Gasteiger partial charge >= 0.3 is 0 Å². The fourth-order valence-corrected chi connectivity index (χ4v) is 4.56. The molecule has 3 aliphatic rings. The molecule has 0 bridgehead atoms. The first kappa shape index (κ1) is 14.7. The molecule has 1 aliphatic carbocycles. The second-order valence-electron chi connectivity index (χ2n) is 7.28. The van der Waals surface area contributed by atoms with Crippen LogP contribution in [0, 0.1) is 5.92 Å². The fourth-order valence-electron chi connectivity index (χ4n) is 4.56. The quantitative estimate of drug-likeness (QED) is 0.842. The minimum atomic E-state index is -0.170. The fraction of sp³-hybridized carbons (Fsp3) is 0.579. The average Bonchev–Trinajstić information content (AvgIpc) is 3.23. The van der Waals surface area contributed by atoms with Crippen molar-refractivity contribution < 1.29 is 9.59 Å². The lowest BCUT2D eigenvalue weighted by Gasteiger charge is -2.27. The van der Waals surface area contributed by atoms with E-state index in [1.807, 2.05) is 28.0 Å². The number of carbonyl (C=O) groups is 2. The van der Waals surface area contributed by atoms with Crippen molar-refractivity contribution in [1.29, 1.82) is 0 Å². The van der Waals surface area contributed by atoms with Gasteiger partial charge in [-0.3, -0.25) is 9.59 Å². The van der Waals surface area contributed by atoms with Crippen LogP contribution in [0.3, 0.4) is 0 Å². The number of carbonyl (C=O) groups excluding carboxylic acids is 2. The maximum absolute atomic E-state index is 13.1. The Morgan fingerprint density at radius 2 is 1.87 bits per heavy atom. The van der Waals surface area contributed by atoms with E-state index in [2.05, 4.69) is 13.0 Å². The predicted molar refractivity (Wildman–Crippen MR) is 89.2 cm³/mol. The van der Waals surface area contributed by atoms with Gasteiger partial charge in [0.1, 0.15) is 0 Å². The van der Waals surface area contributed by atoms with Crippen molar-refractivity contribution in [2.45, 2.75) is 57.5 Å². The highest BCUT2D eigenvalue weighted by atomic mass is 16.2. The molecule has 1 aromatic carbocycles. The zero-order valence-electron chi connectivity index (χ0n) is 13.7. The first-order chi connectivity index (χ1) is 11.1. The van der Waals surface area contributed by atoms with Crippen LogP contribution in [0.2, 0.25) is 0 Å². The van der Waals surface area contributed by atoms with E-state index in [4.69, 9.17) is 0 Å². The van der Waals surface area contributed by atoms with Gasteiger partial charge in [0.15, 0.2) is 0 Å². The smallest absolute Gasteiger partial charge is 0.232 e. The van der Waals surface area contributed by atoms with Crippen molar-refractivity contribution in [2.24, 2.45) is 5.92 Å². The van der Waals surface area contributed by atoms with Crippen LogP contribution in [-0.4, -0.2) is 35.3 Å². The highest BCUT2D eigenvalue weighted by molar-refractivity contribution is 6.01. The first-order valence-electron chi connectivity index (χ1n) is 8.85. The number of para-hydroxylation sites is 1. The predicted octanol–water partition coefficient (Wildman–Crippen LogP) is 2.76. The summed E-state index contributed by atoms with van der Waals surface area (Å²) < 4.78 is 0. The number of nitrogens with zero attached hydrogens (tertiary/aromatic N) is 2. The van der Waals surface area contributed by atoms with Crippen molar-refractivity contribution in [1.82, 2.24) is 4.90 Å². The Kier molecular flexibility index (Phi) is 3.63. The molecular weight excluding hydrogens is 288 g/mol. The molecule has 0 radical (unpaired) electrons. The molecule has 2 aliphatic heterocycles. The summed E-state index contributed by atoms with van der Waals surface area (Å²) in [5.74, 6) is 0.142. The number of hydrogen-bond donors (Lipinski definition) is 0. The molecule has 4 rings (SSSR count). The Balaban J connectivity index is 1.53. The van der Waals surface area contributed by atoms with E-state index in [9.17, 15) is 9.59 Å². The van der Waals surface area contributed by atoms with Crippen LogP contribution in [0.4, 0.5) is 5.69 Å². The second kappa shape index (κ2) is 5.66. The number of benzene rings is 1. The Hall–Kier alpha value is -1.84. The molecule has 4 heteroatoms. The van der Waals surface area contributed by atoms with Crippen LogP contribution in [0.15, 0.2) is 24.3 Å². The summed E-state index contributed by atoms with van der Waals surface area (Å²) in [4.78, 5) is 29.4. The summed E-state index contributed by atoms with van der Waals surface area (Å²) in [6.07, 6.45) is 5.94. The lowest BCUT2D eigenvalue weighted by Crippen LogP contribution is -2.41. The third-order valence-corrected chi connectivity index (χ3v) is 5.72. The number of likely N-dealkylation sites (tertiary alicyclic amines) is 1. The van der Waals surface area contributed by atoms with Crippen LogP contribution in [0.5, 0.6) is 0 Å². The van der Waals surface area contributed by atoms with Gasteiger partial charge in [-0.2, -0.15) is 0 Å². The molecule has 122 valence electrons. The van der Waals surface area contributed by atoms with Gasteiger partial charge in [0.25, 0.3) is 0 Å². The van der Waals surface area contributed by atoms with Crippen LogP contribution in [-0.2, 0) is 16.0 Å². The second-order valence-corrected chi connectivity index (χ2v) is 7.28. The topological polar surface area (TPSA) is 40.6 Å². The normalized spacial score (nSPS) is 27.8. The van der Waals surface area contributed by atoms with Crippen molar-refractivity contribution >= 4 is 17.5 Å². The standard InChI is InChI=1S/C19H24N2O2/c1-13-10-14-6-2-5-9-17(14)21(13)19(23)15-11-18(22)20(12-15)16-7-3-4-8-16/h2,5-6,9,13,15-16H,3-4,7-8,10-12H2,1H3/t13-,15+/m1/s1. The molecule has 1 saturated carbocycles. The highest BCUT2D eigenvalue weighted by Gasteiger charge is 2.42. The van der Waals surface area contributed by atoms with Gasteiger partial charge in [0, 0.05) is 30.7 Å². The Bertz CT molecular complexity index is 636. The van der Waals surface area contributed by atoms with Gasteiger partial charge < -0.3 is 9.80 Å². The Morgan fingerprint density at radius 3 is 2.65 bits per heavy atom. The number of rotatable bonds is 2. The maximum Gasteiger partial charge on any atom is 0.232 e. The largest absolute Gasteiger partial charge is 0.339 e. The number of amides is 2. The monoisotopic (exact) mass is 312 g/mol. The van der Waals surface area contributed by atoms with Crippen molar-refractivity contribution in [3.63, 3.8) is 0 Å². The van der Waals surface area contributed by atoms with Crippen LogP contribution < -0.4 is 4.90 Å². The number of hydrogen-bond acceptors (Lipinski definition) is 2. The van der Waals surface area contributed by atoms with Gasteiger partial charge in [0.05, 0.1) is 5.92 Å². The van der Waals surface area contributed by atoms with E-state index in [1.54, 1.807) is 0 Å². The summed E-state index contributed by atoms with van der Waals surface area (Å²) in [7, 11) is 0. The van der Waals surface area contributed by atoms with Gasteiger partial charge in [-0.05, 0) is 37.8 Å². The molecule has 0 aromatic heterocycles. The van der Waals surface area contributed by atoms with Gasteiger partial charge in [-0.15, -0.1) is 0 Å². The van der Waals surface area contributed by atoms with E-state index in [0.29, 0.717) is 19.0 Å². The minimum absolute atomic E-state index is 0.135. The molecule has 0 N–H and O–H groups in total. The van der Waals surface area contributed by atoms with Crippen molar-refractivity contribution in [3.05, 3.63) is 29.8 Å². The van der Waals surface area contributed by atoms with E-state index in [-0.39, 0.29) is 23.8 Å². The molecule has 2 amide bonds. The molecule has 2 atom stereocenters. The molecule has 0 spiro atoms. The van der Waals surface area contributed by atoms with E-state index >= 15 is 0 Å². The third kappa shape index (κ3) is 2.44. The summed E-state index contributed by atoms with van der Waals surface area (Å²) in [6.45, 7) is 2.72. The summed E-state index contributed by atoms with van der Waals surface area (Å²) in [5, 5.41) is 0. The molecule has 2 fully saturated rings. The molecule has 4 nitrogen and oxygen atoms in total. The lowest BCUT2D eigenvalue weighted by molar-refractivity contribution is -0.130. The third-order valence-electron chi connectivity index (χ3n) is 5.72. The highest BCUT2D eigenvalue weighted by Crippen LogP contribution is 2.36. The minimum Gasteiger partial charge on any atom is -0.339 e. The van der Waals surface area contributed by atoms with E-state index in [1.165, 1.54) is 18.4 Å². The van der Waals surface area contributed by atoms with E-state index < -0.39 is 0 Å². The average molecular weight is 312 g/mol. The summed E-state index contributed by atoms with van der Waals surface area (Å²) in [5.41, 5.74) is 2.28. The molecule has 0 unspecified atom stereocenters. The van der Waals surface area contributed by atoms with Gasteiger partial charge in [-0.25, -0.2) is 0 Å². The van der Waals surface area contributed by atoms with Crippen molar-refractivity contribution in [2.75, 3.05) is 11.4 Å². The van der Waals surface area contributed by atoms with Gasteiger partial charge in [0.2, 0.25) is 11.8 Å². The molecular formula is C19H24N2O2. The zero-order valence-corrected chi connectivity index (χ0v) is 13.7. The number of anilines is 1. The Morgan fingerprint density at radius 1 is 1.13 bits per heavy atom. The first-order valence-corrected chi connectivity index (χ1v) is 8.85. The number of fused-ring (bicyclic) bond motifs is 1. The Labute approximate surface area is 137 Å². The summed E-state index contributed by atoms with van der Waals surface area (Å²) >= 11 is 0. The SMILES string of the molecule is C[C@@H]1Cc2ccccc2N1C(=O)[C@H]1CC(=O)N(C2CCCC2)C1. The molecule has 1 saturated heterocycles. The van der Waals surface area contributed by atoms with Crippen LogP contribution >= 0.6 is 0 Å². The molecule has 23 heavy (non-hydrogen) atoms. The van der Waals surface area contributed by atoms with Crippen LogP contribution in [0.1, 0.15) is 44.6 Å². The van der Waals surface area contributed by atoms with E-state index in [0.717, 1.165) is 24.9 Å².